The molecule has 0 amide bonds. The lowest BCUT2D eigenvalue weighted by molar-refractivity contribution is 1.07. The third kappa shape index (κ3) is 2.02. The second-order valence-electron chi connectivity index (χ2n) is 1.62. The van der Waals surface area contributed by atoms with Gasteiger partial charge in [0.1, 0.15) is 9.61 Å². The predicted octanol–water partition coefficient (Wildman–Crippen LogP) is 3.36. The molecule has 1 rings (SSSR count). The highest BCUT2D eigenvalue weighted by Crippen LogP contribution is 2.26. The Morgan fingerprint density at radius 1 is 1.78 bits per heavy atom. The molecular formula is C5H5Br2NS. The van der Waals surface area contributed by atoms with Gasteiger partial charge in [0.05, 0.1) is 4.83 Å². The van der Waals surface area contributed by atoms with Gasteiger partial charge in [0, 0.05) is 5.38 Å². The molecule has 1 heterocycles. The highest BCUT2D eigenvalue weighted by atomic mass is 79.9. The number of hydrogen-bond acceptors (Lipinski definition) is 2. The first-order valence-corrected chi connectivity index (χ1v) is 5.04. The van der Waals surface area contributed by atoms with Crippen molar-refractivity contribution in [3.05, 3.63) is 15.0 Å². The number of thiazole rings is 1. The molecular weight excluding hydrogens is 266 g/mol. The van der Waals surface area contributed by atoms with Crippen molar-refractivity contribution < 1.29 is 0 Å². The zero-order valence-electron chi connectivity index (χ0n) is 4.77. The lowest BCUT2D eigenvalue weighted by Crippen LogP contribution is -1.78. The second-order valence-corrected chi connectivity index (χ2v) is 4.70. The zero-order chi connectivity index (χ0) is 6.85. The van der Waals surface area contributed by atoms with Crippen LogP contribution in [0.1, 0.15) is 16.8 Å². The molecule has 0 saturated heterocycles. The van der Waals surface area contributed by atoms with Crippen molar-refractivity contribution in [2.24, 2.45) is 0 Å². The van der Waals surface area contributed by atoms with Gasteiger partial charge in [0.2, 0.25) is 0 Å². The summed E-state index contributed by atoms with van der Waals surface area (Å²) in [5, 5.41) is 3.09. The summed E-state index contributed by atoms with van der Waals surface area (Å²) in [6, 6.07) is 0. The standard InChI is InChI=1S/C5H5Br2NS/c1-3(6)5-8-4(7)2-9-5/h2-3H,1H3. The van der Waals surface area contributed by atoms with Crippen LogP contribution in [0.15, 0.2) is 9.98 Å². The monoisotopic (exact) mass is 269 g/mol. The van der Waals surface area contributed by atoms with Crippen LogP contribution in [-0.2, 0) is 0 Å². The summed E-state index contributed by atoms with van der Waals surface area (Å²) >= 11 is 8.35. The van der Waals surface area contributed by atoms with Gasteiger partial charge in [-0.15, -0.1) is 11.3 Å². The number of aromatic nitrogens is 1. The van der Waals surface area contributed by atoms with E-state index in [2.05, 4.69) is 43.8 Å². The van der Waals surface area contributed by atoms with Gasteiger partial charge in [-0.1, -0.05) is 15.9 Å². The molecule has 1 atom stereocenters. The molecule has 0 fully saturated rings. The Hall–Kier alpha value is 0.590. The van der Waals surface area contributed by atoms with Gasteiger partial charge in [0.25, 0.3) is 0 Å². The lowest BCUT2D eigenvalue weighted by atomic mass is 10.5. The maximum atomic E-state index is 4.20. The highest BCUT2D eigenvalue weighted by molar-refractivity contribution is 9.10. The molecule has 9 heavy (non-hydrogen) atoms. The molecule has 1 aromatic heterocycles. The van der Waals surface area contributed by atoms with Crippen LogP contribution in [0.25, 0.3) is 0 Å². The fraction of sp³-hybridized carbons (Fsp3) is 0.400. The summed E-state index contributed by atoms with van der Waals surface area (Å²) in [5.41, 5.74) is 0. The van der Waals surface area contributed by atoms with Crippen molar-refractivity contribution in [3.63, 3.8) is 0 Å². The minimum atomic E-state index is 0.369. The Morgan fingerprint density at radius 3 is 2.67 bits per heavy atom. The van der Waals surface area contributed by atoms with E-state index in [4.69, 9.17) is 0 Å². The Morgan fingerprint density at radius 2 is 2.44 bits per heavy atom. The molecule has 0 N–H and O–H groups in total. The first-order chi connectivity index (χ1) is 4.20. The third-order valence-corrected chi connectivity index (χ3v) is 3.31. The van der Waals surface area contributed by atoms with E-state index >= 15 is 0 Å². The van der Waals surface area contributed by atoms with Crippen molar-refractivity contribution in [3.8, 4) is 0 Å². The van der Waals surface area contributed by atoms with Crippen LogP contribution in [0.5, 0.6) is 0 Å². The van der Waals surface area contributed by atoms with Gasteiger partial charge in [0.15, 0.2) is 0 Å². The average molecular weight is 271 g/mol. The van der Waals surface area contributed by atoms with E-state index in [1.807, 2.05) is 5.38 Å². The smallest absolute Gasteiger partial charge is 0.117 e. The van der Waals surface area contributed by atoms with Crippen molar-refractivity contribution >= 4 is 43.2 Å². The predicted molar refractivity (Wildman–Crippen MR) is 47.2 cm³/mol. The molecule has 4 heteroatoms. The maximum Gasteiger partial charge on any atom is 0.117 e. The second kappa shape index (κ2) is 3.12. The number of hydrogen-bond donors (Lipinski definition) is 0. The molecule has 0 radical (unpaired) electrons. The average Bonchev–Trinajstić information content (AvgIpc) is 2.14. The summed E-state index contributed by atoms with van der Waals surface area (Å²) < 4.78 is 0.925. The highest BCUT2D eigenvalue weighted by Gasteiger charge is 2.03. The number of halogens is 2. The van der Waals surface area contributed by atoms with E-state index in [1.165, 1.54) is 0 Å². The van der Waals surface area contributed by atoms with Crippen molar-refractivity contribution in [2.45, 2.75) is 11.8 Å². The molecule has 50 valence electrons. The Balaban J connectivity index is 2.85. The van der Waals surface area contributed by atoms with E-state index in [0.717, 1.165) is 9.61 Å². The quantitative estimate of drug-likeness (QED) is 0.713. The Kier molecular flexibility index (Phi) is 2.67. The molecule has 0 bridgehead atoms. The van der Waals surface area contributed by atoms with Crippen LogP contribution in [0.2, 0.25) is 0 Å². The van der Waals surface area contributed by atoms with Gasteiger partial charge >= 0.3 is 0 Å². The fourth-order valence-electron chi connectivity index (χ4n) is 0.450. The van der Waals surface area contributed by atoms with E-state index in [-0.39, 0.29) is 0 Å². The summed E-state index contributed by atoms with van der Waals surface area (Å²) in [7, 11) is 0. The van der Waals surface area contributed by atoms with Crippen molar-refractivity contribution in [1.82, 2.24) is 4.98 Å². The summed E-state index contributed by atoms with van der Waals surface area (Å²) in [5.74, 6) is 0. The summed E-state index contributed by atoms with van der Waals surface area (Å²) in [6.07, 6.45) is 0. The van der Waals surface area contributed by atoms with Gasteiger partial charge in [-0.2, -0.15) is 0 Å². The molecule has 0 aromatic carbocycles. The first kappa shape index (κ1) is 7.69. The topological polar surface area (TPSA) is 12.9 Å². The molecule has 1 unspecified atom stereocenters. The van der Waals surface area contributed by atoms with Crippen LogP contribution in [0, 0.1) is 0 Å². The van der Waals surface area contributed by atoms with Gasteiger partial charge < -0.3 is 0 Å². The van der Waals surface area contributed by atoms with E-state index < -0.39 is 0 Å². The van der Waals surface area contributed by atoms with E-state index in [1.54, 1.807) is 11.3 Å². The number of rotatable bonds is 1. The SMILES string of the molecule is CC(Br)c1nc(Br)cs1. The summed E-state index contributed by atoms with van der Waals surface area (Å²) in [6.45, 7) is 2.06. The van der Waals surface area contributed by atoms with Crippen LogP contribution in [0.4, 0.5) is 0 Å². The van der Waals surface area contributed by atoms with Gasteiger partial charge in [-0.05, 0) is 22.9 Å². The molecule has 0 aliphatic rings. The number of alkyl halides is 1. The lowest BCUT2D eigenvalue weighted by Gasteiger charge is -1.92. The molecule has 0 spiro atoms. The molecule has 0 aliphatic carbocycles. The third-order valence-electron chi connectivity index (χ3n) is 0.834. The van der Waals surface area contributed by atoms with Gasteiger partial charge in [-0.3, -0.25) is 0 Å². The van der Waals surface area contributed by atoms with Crippen molar-refractivity contribution in [2.75, 3.05) is 0 Å². The molecule has 0 aliphatic heterocycles. The normalized spacial score (nSPS) is 13.7. The molecule has 1 nitrogen and oxygen atoms in total. The van der Waals surface area contributed by atoms with Gasteiger partial charge in [-0.25, -0.2) is 4.98 Å². The van der Waals surface area contributed by atoms with E-state index in [9.17, 15) is 0 Å². The first-order valence-electron chi connectivity index (χ1n) is 2.45. The fourth-order valence-corrected chi connectivity index (χ4v) is 2.07. The Labute approximate surface area is 74.8 Å². The molecule has 1 aromatic rings. The largest absolute Gasteiger partial charge is 0.233 e. The van der Waals surface area contributed by atoms with Crippen molar-refractivity contribution in [1.29, 1.82) is 0 Å². The van der Waals surface area contributed by atoms with Crippen LogP contribution in [0.3, 0.4) is 0 Å². The van der Waals surface area contributed by atoms with Crippen LogP contribution in [-0.4, -0.2) is 4.98 Å². The molecule has 0 saturated carbocycles. The number of nitrogens with zero attached hydrogens (tertiary/aromatic N) is 1. The minimum Gasteiger partial charge on any atom is -0.233 e. The van der Waals surface area contributed by atoms with Crippen LogP contribution < -0.4 is 0 Å². The maximum absolute atomic E-state index is 4.20. The minimum absolute atomic E-state index is 0.369. The van der Waals surface area contributed by atoms with Crippen LogP contribution >= 0.6 is 43.2 Å². The van der Waals surface area contributed by atoms with E-state index in [0.29, 0.717) is 4.83 Å². The summed E-state index contributed by atoms with van der Waals surface area (Å²) in [4.78, 5) is 4.57. The zero-order valence-corrected chi connectivity index (χ0v) is 8.75. The Bertz CT molecular complexity index is 197.